The highest BCUT2D eigenvalue weighted by Crippen LogP contribution is 2.61. The second-order valence-electron chi connectivity index (χ2n) is 5.11. The Bertz CT molecular complexity index is 155. The summed E-state index contributed by atoms with van der Waals surface area (Å²) in [5.74, 6) is 3.22. The molecule has 2 bridgehead atoms. The number of fused-ring (bicyclic) bond motifs is 2. The molecular formula is C15H32. The van der Waals surface area contributed by atoms with Gasteiger partial charge in [0.25, 0.3) is 0 Å². The third kappa shape index (κ3) is 2.77. The van der Waals surface area contributed by atoms with E-state index in [-0.39, 0.29) is 0 Å². The van der Waals surface area contributed by atoms with Crippen molar-refractivity contribution in [3.8, 4) is 0 Å². The summed E-state index contributed by atoms with van der Waals surface area (Å²) < 4.78 is 0. The SMILES string of the molecule is CC.CC.CCC1CCC2CC1C2(C)C. The van der Waals surface area contributed by atoms with Gasteiger partial charge < -0.3 is 0 Å². The lowest BCUT2D eigenvalue weighted by atomic mass is 9.45. The highest BCUT2D eigenvalue weighted by molar-refractivity contribution is 5.02. The Labute approximate surface area is 97.8 Å². The zero-order valence-corrected chi connectivity index (χ0v) is 12.1. The summed E-state index contributed by atoms with van der Waals surface area (Å²) in [4.78, 5) is 0. The Hall–Kier alpha value is 0. The van der Waals surface area contributed by atoms with Gasteiger partial charge in [-0.25, -0.2) is 0 Å². The normalized spacial score (nSPS) is 35.0. The zero-order chi connectivity index (χ0) is 12.1. The van der Waals surface area contributed by atoms with E-state index in [0.717, 1.165) is 17.8 Å². The van der Waals surface area contributed by atoms with Crippen molar-refractivity contribution in [2.24, 2.45) is 23.2 Å². The van der Waals surface area contributed by atoms with Crippen LogP contribution in [-0.4, -0.2) is 0 Å². The fourth-order valence-electron chi connectivity index (χ4n) is 3.45. The monoisotopic (exact) mass is 212 g/mol. The minimum Gasteiger partial charge on any atom is -0.0683 e. The van der Waals surface area contributed by atoms with Gasteiger partial charge in [-0.1, -0.05) is 54.9 Å². The van der Waals surface area contributed by atoms with E-state index < -0.39 is 0 Å². The van der Waals surface area contributed by atoms with Crippen molar-refractivity contribution in [1.29, 1.82) is 0 Å². The summed E-state index contributed by atoms with van der Waals surface area (Å²) in [6, 6.07) is 0. The van der Waals surface area contributed by atoms with Crippen molar-refractivity contribution in [2.75, 3.05) is 0 Å². The van der Waals surface area contributed by atoms with Crippen LogP contribution in [0.25, 0.3) is 0 Å². The second-order valence-corrected chi connectivity index (χ2v) is 5.11. The van der Waals surface area contributed by atoms with Crippen LogP contribution in [0.4, 0.5) is 0 Å². The summed E-state index contributed by atoms with van der Waals surface area (Å²) >= 11 is 0. The van der Waals surface area contributed by atoms with Crippen LogP contribution in [0.15, 0.2) is 0 Å². The third-order valence-corrected chi connectivity index (χ3v) is 4.53. The molecule has 3 aliphatic rings. The molecule has 3 unspecified atom stereocenters. The first-order valence-electron chi connectivity index (χ1n) is 7.16. The van der Waals surface area contributed by atoms with Gasteiger partial charge in [-0.15, -0.1) is 0 Å². The van der Waals surface area contributed by atoms with Crippen LogP contribution in [0.1, 0.15) is 74.1 Å². The van der Waals surface area contributed by atoms with Gasteiger partial charge in [0, 0.05) is 0 Å². The lowest BCUT2D eigenvalue weighted by Gasteiger charge is -2.60. The van der Waals surface area contributed by atoms with Crippen LogP contribution in [0.2, 0.25) is 0 Å². The standard InChI is InChI=1S/C11H20.2C2H6/c1-4-8-5-6-9-7-10(8)11(9,2)3;2*1-2/h8-10H,4-7H2,1-3H3;2*1-2H3. The molecule has 0 radical (unpaired) electrons. The molecule has 0 aromatic heterocycles. The maximum absolute atomic E-state index is 2.48. The maximum atomic E-state index is 2.48. The Morgan fingerprint density at radius 3 is 1.80 bits per heavy atom. The largest absolute Gasteiger partial charge is 0.0683 e. The molecule has 3 atom stereocenters. The molecule has 15 heavy (non-hydrogen) atoms. The van der Waals surface area contributed by atoms with Gasteiger partial charge in [-0.3, -0.25) is 0 Å². The van der Waals surface area contributed by atoms with E-state index in [1.54, 1.807) is 6.42 Å². The smallest absolute Gasteiger partial charge is 0.0295 e. The molecule has 0 heteroatoms. The first kappa shape index (κ1) is 15.0. The average Bonchev–Trinajstić information content (AvgIpc) is 2.34. The van der Waals surface area contributed by atoms with E-state index in [4.69, 9.17) is 0 Å². The van der Waals surface area contributed by atoms with Crippen molar-refractivity contribution >= 4 is 0 Å². The minimum absolute atomic E-state index is 0.707. The van der Waals surface area contributed by atoms with Gasteiger partial charge in [0.15, 0.2) is 0 Å². The second kappa shape index (κ2) is 6.55. The van der Waals surface area contributed by atoms with Crippen molar-refractivity contribution in [1.82, 2.24) is 0 Å². The van der Waals surface area contributed by atoms with Crippen LogP contribution >= 0.6 is 0 Å². The van der Waals surface area contributed by atoms with Crippen LogP contribution in [0, 0.1) is 23.2 Å². The Morgan fingerprint density at radius 1 is 1.00 bits per heavy atom. The summed E-state index contributed by atoms with van der Waals surface area (Å²) in [5.41, 5.74) is 0.707. The summed E-state index contributed by atoms with van der Waals surface area (Å²) in [6.07, 6.45) is 6.00. The quantitative estimate of drug-likeness (QED) is 0.537. The number of hydrogen-bond donors (Lipinski definition) is 0. The predicted molar refractivity (Wildman–Crippen MR) is 71.1 cm³/mol. The molecule has 0 saturated heterocycles. The van der Waals surface area contributed by atoms with E-state index >= 15 is 0 Å². The average molecular weight is 212 g/mol. The van der Waals surface area contributed by atoms with Gasteiger partial charge >= 0.3 is 0 Å². The van der Waals surface area contributed by atoms with Gasteiger partial charge in [-0.05, 0) is 42.4 Å². The molecule has 3 fully saturated rings. The number of hydrogen-bond acceptors (Lipinski definition) is 0. The molecular weight excluding hydrogens is 180 g/mol. The van der Waals surface area contributed by atoms with Crippen molar-refractivity contribution in [3.63, 3.8) is 0 Å². The fraction of sp³-hybridized carbons (Fsp3) is 1.00. The van der Waals surface area contributed by atoms with Crippen LogP contribution in [0.5, 0.6) is 0 Å². The minimum atomic E-state index is 0.707. The molecule has 0 aliphatic heterocycles. The van der Waals surface area contributed by atoms with Gasteiger partial charge in [0.05, 0.1) is 0 Å². The first-order chi connectivity index (χ1) is 7.16. The molecule has 0 nitrogen and oxygen atoms in total. The molecule has 0 N–H and O–H groups in total. The molecule has 0 aromatic carbocycles. The van der Waals surface area contributed by atoms with Crippen molar-refractivity contribution < 1.29 is 0 Å². The van der Waals surface area contributed by atoms with Gasteiger partial charge in [0.2, 0.25) is 0 Å². The van der Waals surface area contributed by atoms with E-state index in [9.17, 15) is 0 Å². The van der Waals surface area contributed by atoms with Crippen LogP contribution < -0.4 is 0 Å². The van der Waals surface area contributed by atoms with E-state index in [1.807, 2.05) is 27.7 Å². The fourth-order valence-corrected chi connectivity index (χ4v) is 3.45. The molecule has 0 amide bonds. The Kier molecular flexibility index (Phi) is 6.55. The van der Waals surface area contributed by atoms with Gasteiger partial charge in [0.1, 0.15) is 0 Å². The Balaban J connectivity index is 0.000000442. The van der Waals surface area contributed by atoms with E-state index in [2.05, 4.69) is 20.8 Å². The summed E-state index contributed by atoms with van der Waals surface area (Å²) in [7, 11) is 0. The molecule has 0 aromatic rings. The van der Waals surface area contributed by atoms with Crippen molar-refractivity contribution in [3.05, 3.63) is 0 Å². The molecule has 92 valence electrons. The molecule has 3 aliphatic carbocycles. The van der Waals surface area contributed by atoms with Gasteiger partial charge in [-0.2, -0.15) is 0 Å². The molecule has 3 saturated carbocycles. The lowest BCUT2D eigenvalue weighted by Crippen LogP contribution is -2.52. The van der Waals surface area contributed by atoms with Crippen LogP contribution in [0.3, 0.4) is 0 Å². The predicted octanol–water partition coefficient (Wildman–Crippen LogP) is 5.52. The van der Waals surface area contributed by atoms with E-state index in [0.29, 0.717) is 5.41 Å². The maximum Gasteiger partial charge on any atom is -0.0295 e. The highest BCUT2D eigenvalue weighted by atomic mass is 14.6. The van der Waals surface area contributed by atoms with E-state index in [1.165, 1.54) is 19.3 Å². The topological polar surface area (TPSA) is 0 Å². The zero-order valence-electron chi connectivity index (χ0n) is 12.1. The molecule has 0 spiro atoms. The first-order valence-corrected chi connectivity index (χ1v) is 7.16. The lowest BCUT2D eigenvalue weighted by molar-refractivity contribution is -0.105. The molecule has 0 heterocycles. The summed E-state index contributed by atoms with van der Waals surface area (Å²) in [6.45, 7) is 15.3. The third-order valence-electron chi connectivity index (χ3n) is 4.53. The highest BCUT2D eigenvalue weighted by Gasteiger charge is 2.53. The summed E-state index contributed by atoms with van der Waals surface area (Å²) in [5, 5.41) is 0. The van der Waals surface area contributed by atoms with Crippen molar-refractivity contribution in [2.45, 2.75) is 74.1 Å². The Morgan fingerprint density at radius 2 is 1.53 bits per heavy atom. The molecule has 3 rings (SSSR count). The van der Waals surface area contributed by atoms with Crippen LogP contribution in [-0.2, 0) is 0 Å². The number of rotatable bonds is 1.